The van der Waals surface area contributed by atoms with E-state index in [2.05, 4.69) is 85.1 Å². The van der Waals surface area contributed by atoms with Crippen molar-refractivity contribution in [3.8, 4) is 11.1 Å². The van der Waals surface area contributed by atoms with Crippen molar-refractivity contribution >= 4 is 22.7 Å². The van der Waals surface area contributed by atoms with Gasteiger partial charge in [0.15, 0.2) is 0 Å². The van der Waals surface area contributed by atoms with Crippen LogP contribution >= 0.6 is 0 Å². The molecule has 28 heavy (non-hydrogen) atoms. The number of rotatable bonds is 5. The molecule has 0 saturated carbocycles. The Hall–Kier alpha value is -3.52. The van der Waals surface area contributed by atoms with Crippen molar-refractivity contribution in [3.63, 3.8) is 0 Å². The predicted molar refractivity (Wildman–Crippen MR) is 121 cm³/mol. The van der Waals surface area contributed by atoms with Crippen LogP contribution in [-0.2, 0) is 0 Å². The summed E-state index contributed by atoms with van der Waals surface area (Å²) in [5, 5.41) is 6.93. The number of hydrogen-bond donors (Lipinski definition) is 2. The van der Waals surface area contributed by atoms with Crippen molar-refractivity contribution in [3.05, 3.63) is 108 Å². The van der Waals surface area contributed by atoms with Gasteiger partial charge in [-0.2, -0.15) is 0 Å². The molecule has 0 unspecified atom stereocenters. The van der Waals surface area contributed by atoms with E-state index in [0.717, 1.165) is 22.7 Å². The summed E-state index contributed by atoms with van der Waals surface area (Å²) in [6, 6.07) is 33.6. The van der Waals surface area contributed by atoms with Gasteiger partial charge in [-0.15, -0.1) is 0 Å². The van der Waals surface area contributed by atoms with E-state index in [0.29, 0.717) is 0 Å². The number of para-hydroxylation sites is 2. The Bertz CT molecular complexity index is 981. The van der Waals surface area contributed by atoms with E-state index in [9.17, 15) is 0 Å². The van der Waals surface area contributed by atoms with Crippen molar-refractivity contribution in [1.29, 1.82) is 0 Å². The zero-order valence-corrected chi connectivity index (χ0v) is 16.2. The molecule has 0 aliphatic carbocycles. The first-order chi connectivity index (χ1) is 13.7. The van der Waals surface area contributed by atoms with Gasteiger partial charge in [0.1, 0.15) is 0 Å². The third kappa shape index (κ3) is 4.07. The molecule has 0 spiro atoms. The van der Waals surface area contributed by atoms with Gasteiger partial charge in [-0.25, -0.2) is 0 Å². The Labute approximate surface area is 166 Å². The fourth-order valence-corrected chi connectivity index (χ4v) is 3.46. The molecule has 0 saturated heterocycles. The predicted octanol–water partition coefficient (Wildman–Crippen LogP) is 7.46. The smallest absolute Gasteiger partial charge is 0.0387 e. The molecule has 4 aromatic carbocycles. The van der Waals surface area contributed by atoms with Crippen LogP contribution in [0.4, 0.5) is 22.7 Å². The highest BCUT2D eigenvalue weighted by atomic mass is 14.9. The summed E-state index contributed by atoms with van der Waals surface area (Å²) in [4.78, 5) is 0. The lowest BCUT2D eigenvalue weighted by molar-refractivity contribution is 1.39. The van der Waals surface area contributed by atoms with Gasteiger partial charge in [0.2, 0.25) is 0 Å². The van der Waals surface area contributed by atoms with Gasteiger partial charge in [0.25, 0.3) is 0 Å². The monoisotopic (exact) mass is 364 g/mol. The highest BCUT2D eigenvalue weighted by Crippen LogP contribution is 2.31. The van der Waals surface area contributed by atoms with Crippen LogP contribution in [0.3, 0.4) is 0 Å². The Balaban J connectivity index is 1.56. The van der Waals surface area contributed by atoms with Crippen LogP contribution in [0.2, 0.25) is 0 Å². The summed E-state index contributed by atoms with van der Waals surface area (Å²) in [6.07, 6.45) is 0. The van der Waals surface area contributed by atoms with Gasteiger partial charge in [-0.3, -0.25) is 0 Å². The molecular weight excluding hydrogens is 340 g/mol. The van der Waals surface area contributed by atoms with Gasteiger partial charge in [0, 0.05) is 22.7 Å². The third-order valence-corrected chi connectivity index (χ3v) is 4.87. The Morgan fingerprint density at radius 1 is 0.429 bits per heavy atom. The lowest BCUT2D eigenvalue weighted by atomic mass is 9.95. The lowest BCUT2D eigenvalue weighted by Crippen LogP contribution is -1.94. The zero-order chi connectivity index (χ0) is 19.3. The first kappa shape index (κ1) is 17.9. The second-order valence-corrected chi connectivity index (χ2v) is 7.04. The molecule has 4 aromatic rings. The fourth-order valence-electron chi connectivity index (χ4n) is 3.46. The molecule has 2 N–H and O–H groups in total. The van der Waals surface area contributed by atoms with E-state index in [4.69, 9.17) is 0 Å². The topological polar surface area (TPSA) is 24.1 Å². The summed E-state index contributed by atoms with van der Waals surface area (Å²) in [7, 11) is 0. The maximum absolute atomic E-state index is 3.46. The van der Waals surface area contributed by atoms with Crippen LogP contribution < -0.4 is 10.6 Å². The molecule has 0 aliphatic heterocycles. The largest absolute Gasteiger partial charge is 0.356 e. The fraction of sp³-hybridized carbons (Fsp3) is 0.0769. The second kappa shape index (κ2) is 8.01. The first-order valence-electron chi connectivity index (χ1n) is 9.55. The van der Waals surface area contributed by atoms with Crippen LogP contribution in [-0.4, -0.2) is 0 Å². The number of anilines is 4. The minimum Gasteiger partial charge on any atom is -0.356 e. The number of benzene rings is 4. The molecule has 0 heterocycles. The summed E-state index contributed by atoms with van der Waals surface area (Å²) < 4.78 is 0. The Morgan fingerprint density at radius 3 is 1.18 bits per heavy atom. The van der Waals surface area contributed by atoms with E-state index < -0.39 is 0 Å². The van der Waals surface area contributed by atoms with Crippen LogP contribution in [0.5, 0.6) is 0 Å². The van der Waals surface area contributed by atoms with E-state index in [-0.39, 0.29) is 0 Å². The zero-order valence-electron chi connectivity index (χ0n) is 16.2. The highest BCUT2D eigenvalue weighted by molar-refractivity contribution is 5.76. The third-order valence-electron chi connectivity index (χ3n) is 4.87. The molecule has 2 heteroatoms. The molecular formula is C26H24N2. The van der Waals surface area contributed by atoms with Crippen molar-refractivity contribution in [2.24, 2.45) is 0 Å². The second-order valence-electron chi connectivity index (χ2n) is 7.04. The molecule has 0 fully saturated rings. The van der Waals surface area contributed by atoms with E-state index in [1.54, 1.807) is 0 Å². The summed E-state index contributed by atoms with van der Waals surface area (Å²) >= 11 is 0. The molecule has 0 bridgehead atoms. The van der Waals surface area contributed by atoms with Crippen molar-refractivity contribution in [2.45, 2.75) is 13.8 Å². The van der Waals surface area contributed by atoms with Gasteiger partial charge >= 0.3 is 0 Å². The van der Waals surface area contributed by atoms with Crippen molar-refractivity contribution < 1.29 is 0 Å². The highest BCUT2D eigenvalue weighted by Gasteiger charge is 2.07. The molecule has 2 nitrogen and oxygen atoms in total. The van der Waals surface area contributed by atoms with E-state index in [1.165, 1.54) is 22.3 Å². The number of aryl methyl sites for hydroxylation is 2. The van der Waals surface area contributed by atoms with Crippen molar-refractivity contribution in [2.75, 3.05) is 10.6 Å². The van der Waals surface area contributed by atoms with Gasteiger partial charge in [-0.05, 0) is 84.6 Å². The summed E-state index contributed by atoms with van der Waals surface area (Å²) in [6.45, 7) is 4.34. The molecule has 0 atom stereocenters. The van der Waals surface area contributed by atoms with Gasteiger partial charge < -0.3 is 10.6 Å². The van der Waals surface area contributed by atoms with Gasteiger partial charge in [0.05, 0.1) is 0 Å². The average Bonchev–Trinajstić information content (AvgIpc) is 2.71. The molecule has 0 amide bonds. The maximum Gasteiger partial charge on any atom is 0.0387 e. The number of hydrogen-bond acceptors (Lipinski definition) is 2. The molecule has 0 aromatic heterocycles. The number of nitrogens with one attached hydrogen (secondary N) is 2. The summed E-state index contributed by atoms with van der Waals surface area (Å²) in [5.74, 6) is 0. The standard InChI is InChI=1S/C26H24N2/c1-19-17-23(27-21-9-5-3-6-10-21)13-15-25(19)26-16-14-24(18-20(26)2)28-22-11-7-4-8-12-22/h3-18,27-28H,1-2H3. The minimum atomic E-state index is 1.10. The minimum absolute atomic E-state index is 1.10. The first-order valence-corrected chi connectivity index (χ1v) is 9.55. The lowest BCUT2D eigenvalue weighted by Gasteiger charge is -2.14. The van der Waals surface area contributed by atoms with Crippen LogP contribution in [0.1, 0.15) is 11.1 Å². The molecule has 4 rings (SSSR count). The van der Waals surface area contributed by atoms with E-state index >= 15 is 0 Å². The maximum atomic E-state index is 3.46. The summed E-state index contributed by atoms with van der Waals surface area (Å²) in [5.41, 5.74) is 9.45. The Kier molecular flexibility index (Phi) is 5.11. The Morgan fingerprint density at radius 2 is 0.821 bits per heavy atom. The van der Waals surface area contributed by atoms with E-state index in [1.807, 2.05) is 36.4 Å². The SMILES string of the molecule is Cc1cc(Nc2ccccc2)ccc1-c1ccc(Nc2ccccc2)cc1C. The quantitative estimate of drug-likeness (QED) is 0.384. The normalized spacial score (nSPS) is 10.5. The molecule has 0 aliphatic rings. The average molecular weight is 364 g/mol. The van der Waals surface area contributed by atoms with Crippen LogP contribution in [0.15, 0.2) is 97.1 Å². The van der Waals surface area contributed by atoms with Crippen LogP contribution in [0.25, 0.3) is 11.1 Å². The van der Waals surface area contributed by atoms with Crippen molar-refractivity contribution in [1.82, 2.24) is 0 Å². The molecule has 138 valence electrons. The molecule has 0 radical (unpaired) electrons. The van der Waals surface area contributed by atoms with Gasteiger partial charge in [-0.1, -0.05) is 48.5 Å². The van der Waals surface area contributed by atoms with Crippen LogP contribution in [0, 0.1) is 13.8 Å².